The van der Waals surface area contributed by atoms with Crippen LogP contribution >= 0.6 is 0 Å². The molecule has 1 N–H and O–H groups in total. The van der Waals surface area contributed by atoms with Crippen molar-refractivity contribution in [3.8, 4) is 0 Å². The fourth-order valence-corrected chi connectivity index (χ4v) is 3.22. The third kappa shape index (κ3) is 5.25. The summed E-state index contributed by atoms with van der Waals surface area (Å²) in [5.41, 5.74) is 2.77. The Morgan fingerprint density at radius 1 is 1.07 bits per heavy atom. The van der Waals surface area contributed by atoms with Gasteiger partial charge in [0.2, 0.25) is 0 Å². The first kappa shape index (κ1) is 20.6. The fourth-order valence-electron chi connectivity index (χ4n) is 3.22. The van der Waals surface area contributed by atoms with Crippen molar-refractivity contribution in [3.63, 3.8) is 0 Å². The van der Waals surface area contributed by atoms with Crippen LogP contribution in [0.5, 0.6) is 0 Å². The SMILES string of the molecule is CCOC(=O)N1CCN(C(=O)c2ccnc(Nc3ccc(C(C)C)cc3)c2)CC1. The van der Waals surface area contributed by atoms with Crippen LogP contribution < -0.4 is 5.32 Å². The third-order valence-electron chi connectivity index (χ3n) is 4.95. The molecule has 7 heteroatoms. The number of nitrogens with one attached hydrogen (secondary N) is 1. The van der Waals surface area contributed by atoms with Gasteiger partial charge in [-0.1, -0.05) is 26.0 Å². The van der Waals surface area contributed by atoms with Crippen LogP contribution in [0.2, 0.25) is 0 Å². The monoisotopic (exact) mass is 396 g/mol. The van der Waals surface area contributed by atoms with E-state index in [0.717, 1.165) is 5.69 Å². The van der Waals surface area contributed by atoms with Crippen molar-refractivity contribution in [2.24, 2.45) is 0 Å². The number of amides is 2. The van der Waals surface area contributed by atoms with E-state index in [-0.39, 0.29) is 12.0 Å². The predicted octanol–water partition coefficient (Wildman–Crippen LogP) is 3.86. The van der Waals surface area contributed by atoms with E-state index in [4.69, 9.17) is 4.74 Å². The lowest BCUT2D eigenvalue weighted by atomic mass is 10.0. The van der Waals surface area contributed by atoms with Crippen LogP contribution in [0.25, 0.3) is 0 Å². The Labute approximate surface area is 171 Å². The number of rotatable bonds is 5. The second-order valence-corrected chi connectivity index (χ2v) is 7.31. The van der Waals surface area contributed by atoms with Crippen molar-refractivity contribution in [2.45, 2.75) is 26.7 Å². The van der Waals surface area contributed by atoms with Crippen molar-refractivity contribution in [1.29, 1.82) is 0 Å². The van der Waals surface area contributed by atoms with Crippen LogP contribution in [0.1, 0.15) is 42.6 Å². The number of carbonyl (C=O) groups excluding carboxylic acids is 2. The Morgan fingerprint density at radius 3 is 2.34 bits per heavy atom. The highest BCUT2D eigenvalue weighted by molar-refractivity contribution is 5.95. The van der Waals surface area contributed by atoms with Gasteiger partial charge in [-0.2, -0.15) is 0 Å². The van der Waals surface area contributed by atoms with Gasteiger partial charge in [0.25, 0.3) is 5.91 Å². The quantitative estimate of drug-likeness (QED) is 0.831. The molecule has 1 aromatic carbocycles. The van der Waals surface area contributed by atoms with Crippen molar-refractivity contribution >= 4 is 23.5 Å². The topological polar surface area (TPSA) is 74.8 Å². The smallest absolute Gasteiger partial charge is 0.409 e. The van der Waals surface area contributed by atoms with Crippen LogP contribution in [0, 0.1) is 0 Å². The van der Waals surface area contributed by atoms with E-state index in [2.05, 4.69) is 36.3 Å². The summed E-state index contributed by atoms with van der Waals surface area (Å²) in [6.07, 6.45) is 1.31. The zero-order chi connectivity index (χ0) is 20.8. The number of hydrogen-bond donors (Lipinski definition) is 1. The minimum atomic E-state index is -0.321. The summed E-state index contributed by atoms with van der Waals surface area (Å²) in [5, 5.41) is 3.25. The first-order chi connectivity index (χ1) is 14.0. The third-order valence-corrected chi connectivity index (χ3v) is 4.95. The summed E-state index contributed by atoms with van der Waals surface area (Å²) < 4.78 is 5.02. The summed E-state index contributed by atoms with van der Waals surface area (Å²) >= 11 is 0. The Bertz CT molecular complexity index is 843. The molecule has 0 spiro atoms. The maximum atomic E-state index is 12.9. The van der Waals surface area contributed by atoms with E-state index >= 15 is 0 Å². The zero-order valence-corrected chi connectivity index (χ0v) is 17.2. The lowest BCUT2D eigenvalue weighted by Gasteiger charge is -2.34. The van der Waals surface area contributed by atoms with Gasteiger partial charge in [0.1, 0.15) is 5.82 Å². The highest BCUT2D eigenvalue weighted by Gasteiger charge is 2.25. The summed E-state index contributed by atoms with van der Waals surface area (Å²) in [6.45, 7) is 8.37. The van der Waals surface area contributed by atoms with Crippen LogP contribution in [-0.4, -0.2) is 59.6 Å². The molecule has 0 atom stereocenters. The molecule has 0 aliphatic carbocycles. The van der Waals surface area contributed by atoms with Gasteiger partial charge in [-0.25, -0.2) is 9.78 Å². The molecule has 154 valence electrons. The first-order valence-corrected chi connectivity index (χ1v) is 10.0. The molecule has 1 saturated heterocycles. The minimum absolute atomic E-state index is 0.0610. The van der Waals surface area contributed by atoms with Crippen molar-refractivity contribution in [2.75, 3.05) is 38.1 Å². The molecule has 0 saturated carbocycles. The van der Waals surface area contributed by atoms with Crippen LogP contribution in [0.4, 0.5) is 16.3 Å². The molecule has 7 nitrogen and oxygen atoms in total. The Balaban J connectivity index is 1.62. The maximum Gasteiger partial charge on any atom is 0.409 e. The molecule has 1 aliphatic rings. The molecule has 2 aromatic rings. The molecule has 1 fully saturated rings. The number of aromatic nitrogens is 1. The molecule has 1 aromatic heterocycles. The molecular weight excluding hydrogens is 368 g/mol. The number of carbonyl (C=O) groups is 2. The van der Waals surface area contributed by atoms with Crippen molar-refractivity contribution in [1.82, 2.24) is 14.8 Å². The fraction of sp³-hybridized carbons (Fsp3) is 0.409. The number of pyridine rings is 1. The molecular formula is C22H28N4O3. The second kappa shape index (κ2) is 9.41. The van der Waals surface area contributed by atoms with E-state index in [1.807, 2.05) is 12.1 Å². The second-order valence-electron chi connectivity index (χ2n) is 7.31. The standard InChI is InChI=1S/C22H28N4O3/c1-4-29-22(28)26-13-11-25(12-14-26)21(27)18-9-10-23-20(15-18)24-19-7-5-17(6-8-19)16(2)3/h5-10,15-16H,4,11-14H2,1-3H3,(H,23,24). The molecule has 0 unspecified atom stereocenters. The lowest BCUT2D eigenvalue weighted by Crippen LogP contribution is -2.50. The number of benzene rings is 1. The van der Waals surface area contributed by atoms with Crippen LogP contribution in [0.15, 0.2) is 42.6 Å². The number of ether oxygens (including phenoxy) is 1. The highest BCUT2D eigenvalue weighted by atomic mass is 16.6. The molecule has 2 heterocycles. The van der Waals surface area contributed by atoms with Gasteiger partial charge in [0.15, 0.2) is 0 Å². The summed E-state index contributed by atoms with van der Waals surface area (Å²) in [5.74, 6) is 1.04. The summed E-state index contributed by atoms with van der Waals surface area (Å²) in [4.78, 5) is 32.4. The molecule has 1 aliphatic heterocycles. The molecule has 3 rings (SSSR count). The van der Waals surface area contributed by atoms with E-state index < -0.39 is 0 Å². The summed E-state index contributed by atoms with van der Waals surface area (Å²) in [7, 11) is 0. The number of piperazine rings is 1. The van der Waals surface area contributed by atoms with Crippen molar-refractivity contribution < 1.29 is 14.3 Å². The van der Waals surface area contributed by atoms with Gasteiger partial charge in [0.05, 0.1) is 6.61 Å². The normalized spacial score (nSPS) is 14.1. The van der Waals surface area contributed by atoms with Gasteiger partial charge >= 0.3 is 6.09 Å². The van der Waals surface area contributed by atoms with Crippen LogP contribution in [0.3, 0.4) is 0 Å². The van der Waals surface area contributed by atoms with E-state index in [1.165, 1.54) is 5.56 Å². The van der Waals surface area contributed by atoms with Gasteiger partial charge in [-0.05, 0) is 42.7 Å². The summed E-state index contributed by atoms with van der Waals surface area (Å²) in [6, 6.07) is 11.7. The molecule has 0 radical (unpaired) electrons. The average Bonchev–Trinajstić information content (AvgIpc) is 2.74. The molecule has 2 amide bonds. The maximum absolute atomic E-state index is 12.9. The van der Waals surface area contributed by atoms with E-state index in [1.54, 1.807) is 35.1 Å². The predicted molar refractivity (Wildman–Crippen MR) is 113 cm³/mol. The van der Waals surface area contributed by atoms with Gasteiger partial charge in [0, 0.05) is 43.6 Å². The van der Waals surface area contributed by atoms with Gasteiger partial charge < -0.3 is 19.9 Å². The highest BCUT2D eigenvalue weighted by Crippen LogP contribution is 2.20. The van der Waals surface area contributed by atoms with E-state index in [9.17, 15) is 9.59 Å². The van der Waals surface area contributed by atoms with Crippen molar-refractivity contribution in [3.05, 3.63) is 53.7 Å². The Kier molecular flexibility index (Phi) is 6.69. The van der Waals surface area contributed by atoms with Gasteiger partial charge in [-0.15, -0.1) is 0 Å². The Morgan fingerprint density at radius 2 is 1.72 bits per heavy atom. The van der Waals surface area contributed by atoms with Gasteiger partial charge in [-0.3, -0.25) is 4.79 Å². The lowest BCUT2D eigenvalue weighted by molar-refractivity contribution is 0.0570. The first-order valence-electron chi connectivity index (χ1n) is 10.0. The van der Waals surface area contributed by atoms with E-state index in [0.29, 0.717) is 50.1 Å². The minimum Gasteiger partial charge on any atom is -0.450 e. The number of nitrogens with zero attached hydrogens (tertiary/aromatic N) is 3. The average molecular weight is 396 g/mol. The largest absolute Gasteiger partial charge is 0.450 e. The number of hydrogen-bond acceptors (Lipinski definition) is 5. The molecule has 29 heavy (non-hydrogen) atoms. The zero-order valence-electron chi connectivity index (χ0n) is 17.2. The van der Waals surface area contributed by atoms with Crippen LogP contribution in [-0.2, 0) is 4.74 Å². The Hall–Kier alpha value is -3.09. The number of anilines is 2. The molecule has 0 bridgehead atoms.